The molecule has 4 nitrogen and oxygen atoms in total. The molecule has 0 spiro atoms. The van der Waals surface area contributed by atoms with Crippen molar-refractivity contribution in [3.05, 3.63) is 54.1 Å². The number of rotatable bonds is 3. The average Bonchev–Trinajstić information content (AvgIpc) is 3.27. The topological polar surface area (TPSA) is 42.2 Å². The Kier molecular flexibility index (Phi) is 3.58. The van der Waals surface area contributed by atoms with Gasteiger partial charge in [0, 0.05) is 24.3 Å². The predicted molar refractivity (Wildman–Crippen MR) is 91.4 cm³/mol. The summed E-state index contributed by atoms with van der Waals surface area (Å²) in [5.74, 6) is 1.22. The van der Waals surface area contributed by atoms with E-state index in [1.165, 1.54) is 24.1 Å². The van der Waals surface area contributed by atoms with Crippen molar-refractivity contribution < 1.29 is 4.52 Å². The molecule has 0 unspecified atom stereocenters. The van der Waals surface area contributed by atoms with Crippen LogP contribution in [0.5, 0.6) is 0 Å². The fourth-order valence-electron chi connectivity index (χ4n) is 3.04. The molecule has 0 aliphatic carbocycles. The third-order valence-electron chi connectivity index (χ3n) is 4.32. The van der Waals surface area contributed by atoms with Crippen molar-refractivity contribution in [2.24, 2.45) is 0 Å². The Morgan fingerprint density at radius 3 is 2.48 bits per heavy atom. The van der Waals surface area contributed by atoms with Crippen molar-refractivity contribution in [3.8, 4) is 22.8 Å². The molecule has 2 aromatic carbocycles. The first-order valence-corrected chi connectivity index (χ1v) is 8.06. The maximum Gasteiger partial charge on any atom is 0.260 e. The molecule has 1 aliphatic rings. The third kappa shape index (κ3) is 2.72. The average molecular weight is 305 g/mol. The van der Waals surface area contributed by atoms with Gasteiger partial charge in [0.25, 0.3) is 5.89 Å². The van der Waals surface area contributed by atoms with Crippen LogP contribution in [-0.2, 0) is 0 Å². The summed E-state index contributed by atoms with van der Waals surface area (Å²) in [7, 11) is 0. The summed E-state index contributed by atoms with van der Waals surface area (Å²) < 4.78 is 5.55. The van der Waals surface area contributed by atoms with E-state index < -0.39 is 0 Å². The van der Waals surface area contributed by atoms with Gasteiger partial charge in [0.2, 0.25) is 5.82 Å². The molecular weight excluding hydrogens is 286 g/mol. The van der Waals surface area contributed by atoms with Gasteiger partial charge in [0.1, 0.15) is 0 Å². The van der Waals surface area contributed by atoms with Gasteiger partial charge in [-0.2, -0.15) is 4.98 Å². The Bertz CT molecular complexity index is 801. The van der Waals surface area contributed by atoms with Crippen molar-refractivity contribution in [2.75, 3.05) is 18.0 Å². The molecule has 4 heteroatoms. The zero-order chi connectivity index (χ0) is 15.6. The molecule has 0 saturated carbocycles. The minimum atomic E-state index is 0.586. The van der Waals surface area contributed by atoms with Crippen LogP contribution >= 0.6 is 0 Å². The Balaban J connectivity index is 1.70. The van der Waals surface area contributed by atoms with Crippen LogP contribution in [0.15, 0.2) is 53.1 Å². The number of hydrogen-bond acceptors (Lipinski definition) is 4. The van der Waals surface area contributed by atoms with E-state index >= 15 is 0 Å². The van der Waals surface area contributed by atoms with Crippen molar-refractivity contribution in [1.29, 1.82) is 0 Å². The first kappa shape index (κ1) is 14.0. The standard InChI is InChI=1S/C19H19N3O/c1-14-8-10-15(11-9-14)18-20-19(23-21-18)16-6-2-3-7-17(16)22-12-4-5-13-22/h2-3,6-11H,4-5,12-13H2,1H3. The van der Waals surface area contributed by atoms with Crippen LogP contribution in [-0.4, -0.2) is 23.2 Å². The van der Waals surface area contributed by atoms with Gasteiger partial charge in [-0.25, -0.2) is 0 Å². The lowest BCUT2D eigenvalue weighted by Crippen LogP contribution is -2.18. The molecule has 0 atom stereocenters. The lowest BCUT2D eigenvalue weighted by Gasteiger charge is -2.19. The predicted octanol–water partition coefficient (Wildman–Crippen LogP) is 4.31. The summed E-state index contributed by atoms with van der Waals surface area (Å²) in [6.45, 7) is 4.25. The van der Waals surface area contributed by atoms with Gasteiger partial charge in [0.15, 0.2) is 0 Å². The van der Waals surface area contributed by atoms with E-state index in [-0.39, 0.29) is 0 Å². The Morgan fingerprint density at radius 1 is 0.957 bits per heavy atom. The Morgan fingerprint density at radius 2 is 1.70 bits per heavy atom. The molecule has 1 fully saturated rings. The van der Waals surface area contributed by atoms with E-state index in [0.29, 0.717) is 11.7 Å². The summed E-state index contributed by atoms with van der Waals surface area (Å²) in [5, 5.41) is 4.16. The van der Waals surface area contributed by atoms with Crippen LogP contribution < -0.4 is 4.90 Å². The minimum Gasteiger partial charge on any atom is -0.371 e. The summed E-state index contributed by atoms with van der Waals surface area (Å²) in [5.41, 5.74) is 4.39. The molecule has 1 aliphatic heterocycles. The lowest BCUT2D eigenvalue weighted by atomic mass is 10.1. The van der Waals surface area contributed by atoms with Crippen molar-refractivity contribution >= 4 is 5.69 Å². The molecule has 23 heavy (non-hydrogen) atoms. The van der Waals surface area contributed by atoms with E-state index in [1.807, 2.05) is 18.2 Å². The second kappa shape index (κ2) is 5.88. The fourth-order valence-corrected chi connectivity index (χ4v) is 3.04. The molecule has 4 rings (SSSR count). The molecule has 1 aromatic heterocycles. The minimum absolute atomic E-state index is 0.586. The van der Waals surface area contributed by atoms with Gasteiger partial charge >= 0.3 is 0 Å². The fraction of sp³-hybridized carbons (Fsp3) is 0.263. The highest BCUT2D eigenvalue weighted by Gasteiger charge is 2.19. The van der Waals surface area contributed by atoms with E-state index in [2.05, 4.69) is 52.3 Å². The number of aryl methyl sites for hydroxylation is 1. The second-order valence-corrected chi connectivity index (χ2v) is 6.00. The maximum atomic E-state index is 5.55. The van der Waals surface area contributed by atoms with Crippen LogP contribution in [0.3, 0.4) is 0 Å². The van der Waals surface area contributed by atoms with Gasteiger partial charge < -0.3 is 9.42 Å². The number of aromatic nitrogens is 2. The first-order chi connectivity index (χ1) is 11.3. The summed E-state index contributed by atoms with van der Waals surface area (Å²) in [4.78, 5) is 7.00. The quantitative estimate of drug-likeness (QED) is 0.723. The van der Waals surface area contributed by atoms with Crippen LogP contribution in [0.2, 0.25) is 0 Å². The van der Waals surface area contributed by atoms with E-state index in [0.717, 1.165) is 24.2 Å². The highest BCUT2D eigenvalue weighted by atomic mass is 16.5. The monoisotopic (exact) mass is 305 g/mol. The Labute approximate surface area is 135 Å². The van der Waals surface area contributed by atoms with E-state index in [9.17, 15) is 0 Å². The zero-order valence-corrected chi connectivity index (χ0v) is 13.2. The van der Waals surface area contributed by atoms with Crippen LogP contribution in [0.4, 0.5) is 5.69 Å². The molecule has 1 saturated heterocycles. The van der Waals surface area contributed by atoms with Crippen molar-refractivity contribution in [2.45, 2.75) is 19.8 Å². The molecule has 0 N–H and O–H groups in total. The SMILES string of the molecule is Cc1ccc(-c2noc(-c3ccccc3N3CCCC3)n2)cc1. The van der Waals surface area contributed by atoms with Gasteiger partial charge in [0.05, 0.1) is 5.56 Å². The number of nitrogens with zero attached hydrogens (tertiary/aromatic N) is 3. The van der Waals surface area contributed by atoms with Crippen LogP contribution in [0.25, 0.3) is 22.8 Å². The number of anilines is 1. The normalized spacial score (nSPS) is 14.4. The molecular formula is C19H19N3O. The van der Waals surface area contributed by atoms with Crippen molar-refractivity contribution in [1.82, 2.24) is 10.1 Å². The van der Waals surface area contributed by atoms with Gasteiger partial charge in [-0.1, -0.05) is 47.1 Å². The third-order valence-corrected chi connectivity index (χ3v) is 4.32. The molecule has 0 radical (unpaired) electrons. The van der Waals surface area contributed by atoms with E-state index in [4.69, 9.17) is 4.52 Å². The van der Waals surface area contributed by atoms with Crippen LogP contribution in [0.1, 0.15) is 18.4 Å². The number of hydrogen-bond donors (Lipinski definition) is 0. The van der Waals surface area contributed by atoms with Crippen molar-refractivity contribution in [3.63, 3.8) is 0 Å². The maximum absolute atomic E-state index is 5.55. The van der Waals surface area contributed by atoms with Crippen LogP contribution in [0, 0.1) is 6.92 Å². The van der Waals surface area contributed by atoms with E-state index in [1.54, 1.807) is 0 Å². The number of para-hydroxylation sites is 1. The second-order valence-electron chi connectivity index (χ2n) is 6.00. The molecule has 3 aromatic rings. The number of benzene rings is 2. The summed E-state index contributed by atoms with van der Waals surface area (Å²) in [6.07, 6.45) is 2.49. The highest BCUT2D eigenvalue weighted by Crippen LogP contribution is 2.32. The summed E-state index contributed by atoms with van der Waals surface area (Å²) >= 11 is 0. The molecule has 0 amide bonds. The summed E-state index contributed by atoms with van der Waals surface area (Å²) in [6, 6.07) is 16.4. The van der Waals surface area contributed by atoms with Gasteiger partial charge in [-0.3, -0.25) is 0 Å². The van der Waals surface area contributed by atoms with Gasteiger partial charge in [-0.15, -0.1) is 0 Å². The molecule has 116 valence electrons. The lowest BCUT2D eigenvalue weighted by molar-refractivity contribution is 0.432. The smallest absolute Gasteiger partial charge is 0.260 e. The first-order valence-electron chi connectivity index (χ1n) is 8.06. The molecule has 0 bridgehead atoms. The highest BCUT2D eigenvalue weighted by molar-refractivity contribution is 5.74. The largest absolute Gasteiger partial charge is 0.371 e. The van der Waals surface area contributed by atoms with Gasteiger partial charge in [-0.05, 0) is 31.9 Å². The molecule has 2 heterocycles. The Hall–Kier alpha value is -2.62. The zero-order valence-electron chi connectivity index (χ0n) is 13.2.